The van der Waals surface area contributed by atoms with E-state index in [1.54, 1.807) is 36.4 Å². The zero-order chi connectivity index (χ0) is 11.1. The molecule has 2 rings (SSSR count). The number of phenols is 3. The Balaban J connectivity index is 0.000000267. The van der Waals surface area contributed by atoms with E-state index >= 15 is 0 Å². The molecular weight excluding hydrogens is 248 g/mol. The number of hydrogen-bond donors (Lipinski definition) is 3. The third kappa shape index (κ3) is 5.29. The smallest absolute Gasteiger partial charge is 0.157 e. The molecule has 0 bridgehead atoms. The summed E-state index contributed by atoms with van der Waals surface area (Å²) in [5, 5.41) is 26.0. The number of hydrogen-bond acceptors (Lipinski definition) is 3. The van der Waals surface area contributed by atoms with Crippen molar-refractivity contribution in [3.63, 3.8) is 0 Å². The maximum absolute atomic E-state index is 8.67. The predicted molar refractivity (Wildman–Crippen MR) is 57.9 cm³/mol. The Hall–Kier alpha value is -1.64. The first-order valence-corrected chi connectivity index (χ1v) is 4.41. The second-order valence-corrected chi connectivity index (χ2v) is 2.82. The van der Waals surface area contributed by atoms with Gasteiger partial charge in [-0.2, -0.15) is 0 Å². The van der Waals surface area contributed by atoms with Gasteiger partial charge in [0.05, 0.1) is 0 Å². The molecule has 2 aromatic rings. The molecule has 0 spiro atoms. The van der Waals surface area contributed by atoms with Crippen LogP contribution >= 0.6 is 0 Å². The second kappa shape index (κ2) is 7.63. The van der Waals surface area contributed by atoms with Crippen LogP contribution in [0.25, 0.3) is 0 Å². The summed E-state index contributed by atoms with van der Waals surface area (Å²) < 4.78 is 0. The van der Waals surface area contributed by atoms with Gasteiger partial charge in [0, 0.05) is 17.1 Å². The standard InChI is InChI=1S/C6H6O2.C6H6O.Fe/c7-5-3-1-2-4-6(5)8;7-6-4-2-1-3-5-6;/h1-4,7-8H;1-5,7H;. The molecule has 4 heteroatoms. The van der Waals surface area contributed by atoms with Crippen LogP contribution in [0.15, 0.2) is 54.6 Å². The SMILES string of the molecule is Oc1ccccc1.Oc1ccccc1O.[Fe]. The summed E-state index contributed by atoms with van der Waals surface area (Å²) >= 11 is 0. The molecule has 0 unspecified atom stereocenters. The minimum Gasteiger partial charge on any atom is -0.508 e. The third-order valence-electron chi connectivity index (χ3n) is 1.64. The van der Waals surface area contributed by atoms with Crippen molar-refractivity contribution in [2.45, 2.75) is 0 Å². The van der Waals surface area contributed by atoms with Gasteiger partial charge in [-0.3, -0.25) is 0 Å². The molecule has 16 heavy (non-hydrogen) atoms. The molecule has 0 heterocycles. The monoisotopic (exact) mass is 260 g/mol. The van der Waals surface area contributed by atoms with Gasteiger partial charge in [0.25, 0.3) is 0 Å². The first-order chi connectivity index (χ1) is 7.20. The van der Waals surface area contributed by atoms with Gasteiger partial charge in [0.15, 0.2) is 11.5 Å². The maximum atomic E-state index is 8.67. The van der Waals surface area contributed by atoms with E-state index in [1.807, 2.05) is 6.07 Å². The van der Waals surface area contributed by atoms with E-state index in [-0.39, 0.29) is 28.6 Å². The van der Waals surface area contributed by atoms with Gasteiger partial charge in [-0.15, -0.1) is 0 Å². The Morgan fingerprint density at radius 3 is 1.19 bits per heavy atom. The quantitative estimate of drug-likeness (QED) is 0.503. The predicted octanol–water partition coefficient (Wildman–Crippen LogP) is 2.49. The molecule has 0 saturated carbocycles. The number of phenolic OH excluding ortho intramolecular Hbond substituents is 3. The molecule has 0 aliphatic heterocycles. The number of rotatable bonds is 0. The molecule has 3 N–H and O–H groups in total. The zero-order valence-corrected chi connectivity index (χ0v) is 9.50. The van der Waals surface area contributed by atoms with Crippen molar-refractivity contribution in [2.75, 3.05) is 0 Å². The summed E-state index contributed by atoms with van der Waals surface area (Å²) in [7, 11) is 0. The van der Waals surface area contributed by atoms with Gasteiger partial charge in [-0.25, -0.2) is 0 Å². The summed E-state index contributed by atoms with van der Waals surface area (Å²) in [6.45, 7) is 0. The molecule has 2 aromatic carbocycles. The first kappa shape index (κ1) is 14.4. The Kier molecular flexibility index (Phi) is 6.84. The van der Waals surface area contributed by atoms with Crippen LogP contribution in [0, 0.1) is 0 Å². The largest absolute Gasteiger partial charge is 0.508 e. The van der Waals surface area contributed by atoms with Crippen LogP contribution in [0.3, 0.4) is 0 Å². The number of benzene rings is 2. The fraction of sp³-hybridized carbons (Fsp3) is 0. The molecule has 0 radical (unpaired) electrons. The molecular formula is C12H12FeO3. The fourth-order valence-corrected chi connectivity index (χ4v) is 0.892. The average molecular weight is 260 g/mol. The van der Waals surface area contributed by atoms with E-state index in [0.29, 0.717) is 5.75 Å². The molecule has 0 aliphatic rings. The van der Waals surface area contributed by atoms with Crippen molar-refractivity contribution in [1.82, 2.24) is 0 Å². The van der Waals surface area contributed by atoms with Crippen molar-refractivity contribution in [2.24, 2.45) is 0 Å². The Morgan fingerprint density at radius 2 is 0.938 bits per heavy atom. The Labute approximate surface area is 104 Å². The van der Waals surface area contributed by atoms with Crippen LogP contribution in [0.2, 0.25) is 0 Å². The van der Waals surface area contributed by atoms with Crippen molar-refractivity contribution in [3.05, 3.63) is 54.6 Å². The van der Waals surface area contributed by atoms with Gasteiger partial charge in [0.1, 0.15) is 5.75 Å². The van der Waals surface area contributed by atoms with E-state index in [4.69, 9.17) is 15.3 Å². The average Bonchev–Trinajstić information content (AvgIpc) is 2.25. The van der Waals surface area contributed by atoms with Crippen molar-refractivity contribution >= 4 is 0 Å². The van der Waals surface area contributed by atoms with E-state index < -0.39 is 0 Å². The van der Waals surface area contributed by atoms with Gasteiger partial charge < -0.3 is 15.3 Å². The van der Waals surface area contributed by atoms with Crippen LogP contribution in [-0.2, 0) is 17.1 Å². The fourth-order valence-electron chi connectivity index (χ4n) is 0.892. The minimum atomic E-state index is -0.0764. The zero-order valence-electron chi connectivity index (χ0n) is 8.39. The van der Waals surface area contributed by atoms with E-state index in [2.05, 4.69) is 0 Å². The molecule has 0 atom stereocenters. The van der Waals surface area contributed by atoms with Crippen LogP contribution in [0.4, 0.5) is 0 Å². The molecule has 0 saturated heterocycles. The minimum absolute atomic E-state index is 0. The number of aromatic hydroxyl groups is 3. The molecule has 0 aliphatic carbocycles. The summed E-state index contributed by atoms with van der Waals surface area (Å²) in [6, 6.07) is 14.9. The molecule has 0 amide bonds. The van der Waals surface area contributed by atoms with Gasteiger partial charge in [0.2, 0.25) is 0 Å². The van der Waals surface area contributed by atoms with Crippen molar-refractivity contribution in [1.29, 1.82) is 0 Å². The summed E-state index contributed by atoms with van der Waals surface area (Å²) in [5.41, 5.74) is 0. The third-order valence-corrected chi connectivity index (χ3v) is 1.64. The normalized spacial score (nSPS) is 8.25. The van der Waals surface area contributed by atoms with Crippen LogP contribution in [0.1, 0.15) is 0 Å². The molecule has 0 aromatic heterocycles. The van der Waals surface area contributed by atoms with Crippen molar-refractivity contribution < 1.29 is 32.4 Å². The van der Waals surface area contributed by atoms with Gasteiger partial charge in [-0.05, 0) is 24.3 Å². The Bertz CT molecular complexity index is 383. The van der Waals surface area contributed by atoms with Gasteiger partial charge in [-0.1, -0.05) is 30.3 Å². The molecule has 0 fully saturated rings. The van der Waals surface area contributed by atoms with Crippen LogP contribution in [0.5, 0.6) is 17.2 Å². The summed E-state index contributed by atoms with van der Waals surface area (Å²) in [6.07, 6.45) is 0. The molecule has 3 nitrogen and oxygen atoms in total. The van der Waals surface area contributed by atoms with Crippen molar-refractivity contribution in [3.8, 4) is 17.2 Å². The molecule has 86 valence electrons. The maximum Gasteiger partial charge on any atom is 0.157 e. The van der Waals surface area contributed by atoms with Gasteiger partial charge >= 0.3 is 0 Å². The van der Waals surface area contributed by atoms with Crippen LogP contribution < -0.4 is 0 Å². The summed E-state index contributed by atoms with van der Waals surface area (Å²) in [4.78, 5) is 0. The van der Waals surface area contributed by atoms with E-state index in [1.165, 1.54) is 12.1 Å². The second-order valence-electron chi connectivity index (χ2n) is 2.82. The van der Waals surface area contributed by atoms with E-state index in [0.717, 1.165) is 0 Å². The topological polar surface area (TPSA) is 60.7 Å². The Morgan fingerprint density at radius 1 is 0.562 bits per heavy atom. The summed E-state index contributed by atoms with van der Waals surface area (Å²) in [5.74, 6) is 0.169. The van der Waals surface area contributed by atoms with Crippen LogP contribution in [-0.4, -0.2) is 15.3 Å². The first-order valence-electron chi connectivity index (χ1n) is 4.41. The van der Waals surface area contributed by atoms with E-state index in [9.17, 15) is 0 Å². The number of para-hydroxylation sites is 3.